The normalized spacial score (nSPS) is 9.92. The van der Waals surface area contributed by atoms with Crippen molar-refractivity contribution in [1.29, 1.82) is 0 Å². The molecule has 0 spiro atoms. The molecule has 0 atom stereocenters. The van der Waals surface area contributed by atoms with Crippen LogP contribution in [0.3, 0.4) is 0 Å². The third-order valence-electron chi connectivity index (χ3n) is 3.21. The number of halogens is 1. The van der Waals surface area contributed by atoms with Gasteiger partial charge in [-0.05, 0) is 67.6 Å². The Balaban J connectivity index is 1.64. The van der Waals surface area contributed by atoms with Gasteiger partial charge in [0.1, 0.15) is 0 Å². The summed E-state index contributed by atoms with van der Waals surface area (Å²) < 4.78 is 0. The van der Waals surface area contributed by atoms with E-state index in [1.54, 1.807) is 0 Å². The van der Waals surface area contributed by atoms with Gasteiger partial charge in [-0.2, -0.15) is 0 Å². The van der Waals surface area contributed by atoms with Gasteiger partial charge in [0.25, 0.3) is 0 Å². The van der Waals surface area contributed by atoms with Crippen LogP contribution in [0.1, 0.15) is 11.1 Å². The van der Waals surface area contributed by atoms with Crippen molar-refractivity contribution >= 4 is 51.9 Å². The first-order chi connectivity index (χ1) is 11.5. The summed E-state index contributed by atoms with van der Waals surface area (Å²) in [5, 5.41) is 7.85. The lowest BCUT2D eigenvalue weighted by atomic mass is 10.1. The molecule has 126 valence electrons. The number of hydrogen-bond acceptors (Lipinski definition) is 2. The van der Waals surface area contributed by atoms with Crippen LogP contribution < -0.4 is 21.5 Å². The SMILES string of the molecule is Cc1ccc(NC(=S)NNC(=S)NCCc2ccc(Cl)cc2)cc1. The Labute approximate surface area is 158 Å². The molecular weight excluding hydrogens is 360 g/mol. The Kier molecular flexibility index (Phi) is 7.24. The van der Waals surface area contributed by atoms with E-state index in [0.29, 0.717) is 16.8 Å². The molecule has 0 radical (unpaired) electrons. The maximum atomic E-state index is 5.86. The molecule has 0 aliphatic rings. The van der Waals surface area contributed by atoms with Crippen molar-refractivity contribution in [2.75, 3.05) is 11.9 Å². The number of benzene rings is 2. The van der Waals surface area contributed by atoms with Crippen LogP contribution in [0.2, 0.25) is 5.02 Å². The van der Waals surface area contributed by atoms with Crippen molar-refractivity contribution in [3.05, 3.63) is 64.7 Å². The Morgan fingerprint density at radius 3 is 2.21 bits per heavy atom. The predicted octanol–water partition coefficient (Wildman–Crippen LogP) is 3.56. The Bertz CT molecular complexity index is 687. The van der Waals surface area contributed by atoms with E-state index in [1.165, 1.54) is 11.1 Å². The van der Waals surface area contributed by atoms with Gasteiger partial charge in [0.05, 0.1) is 0 Å². The standard InChI is InChI=1S/C17H19ClN4S2/c1-12-2-8-15(9-3-12)20-17(24)22-21-16(23)19-11-10-13-4-6-14(18)7-5-13/h2-9H,10-11H2,1H3,(H2,19,21,23)(H2,20,22,24). The van der Waals surface area contributed by atoms with Gasteiger partial charge < -0.3 is 10.6 Å². The van der Waals surface area contributed by atoms with Gasteiger partial charge in [-0.3, -0.25) is 10.9 Å². The van der Waals surface area contributed by atoms with Gasteiger partial charge in [-0.25, -0.2) is 0 Å². The monoisotopic (exact) mass is 378 g/mol. The minimum atomic E-state index is 0.445. The number of aryl methyl sites for hydroxylation is 1. The summed E-state index contributed by atoms with van der Waals surface area (Å²) in [5.41, 5.74) is 9.02. The molecule has 0 unspecified atom stereocenters. The molecule has 0 aromatic heterocycles. The first kappa shape index (κ1) is 18.4. The highest BCUT2D eigenvalue weighted by Gasteiger charge is 1.99. The van der Waals surface area contributed by atoms with Crippen molar-refractivity contribution in [3.8, 4) is 0 Å². The highest BCUT2D eigenvalue weighted by Crippen LogP contribution is 2.09. The average molecular weight is 379 g/mol. The fourth-order valence-electron chi connectivity index (χ4n) is 1.93. The quantitative estimate of drug-likeness (QED) is 0.482. The van der Waals surface area contributed by atoms with Gasteiger partial charge in [-0.1, -0.05) is 41.4 Å². The lowest BCUT2D eigenvalue weighted by Crippen LogP contribution is -2.48. The first-order valence-electron chi connectivity index (χ1n) is 7.45. The molecule has 0 aliphatic carbocycles. The van der Waals surface area contributed by atoms with E-state index in [-0.39, 0.29) is 0 Å². The van der Waals surface area contributed by atoms with Crippen LogP contribution in [-0.2, 0) is 6.42 Å². The van der Waals surface area contributed by atoms with Crippen molar-refractivity contribution < 1.29 is 0 Å². The average Bonchev–Trinajstić information content (AvgIpc) is 2.57. The van der Waals surface area contributed by atoms with E-state index < -0.39 is 0 Å². The molecule has 2 aromatic rings. The Morgan fingerprint density at radius 1 is 0.917 bits per heavy atom. The summed E-state index contributed by atoms with van der Waals surface area (Å²) in [6.45, 7) is 2.75. The van der Waals surface area contributed by atoms with Crippen LogP contribution in [0.25, 0.3) is 0 Å². The third-order valence-corrected chi connectivity index (χ3v) is 3.91. The number of anilines is 1. The molecule has 0 saturated carbocycles. The van der Waals surface area contributed by atoms with Gasteiger partial charge in [0.15, 0.2) is 10.2 Å². The van der Waals surface area contributed by atoms with E-state index in [2.05, 4.69) is 21.5 Å². The molecule has 0 amide bonds. The lowest BCUT2D eigenvalue weighted by Gasteiger charge is -2.14. The zero-order chi connectivity index (χ0) is 17.4. The van der Waals surface area contributed by atoms with E-state index in [0.717, 1.165) is 17.1 Å². The Morgan fingerprint density at radius 2 is 1.54 bits per heavy atom. The summed E-state index contributed by atoms with van der Waals surface area (Å²) in [7, 11) is 0. The van der Waals surface area contributed by atoms with Crippen LogP contribution in [0.5, 0.6) is 0 Å². The van der Waals surface area contributed by atoms with Gasteiger partial charge >= 0.3 is 0 Å². The van der Waals surface area contributed by atoms with E-state index in [4.69, 9.17) is 36.0 Å². The molecular formula is C17H19ClN4S2. The Hall–Kier alpha value is -1.89. The summed E-state index contributed by atoms with van der Waals surface area (Å²) >= 11 is 16.3. The fraction of sp³-hybridized carbons (Fsp3) is 0.176. The second-order valence-electron chi connectivity index (χ2n) is 5.20. The van der Waals surface area contributed by atoms with Gasteiger partial charge in [0.2, 0.25) is 0 Å². The van der Waals surface area contributed by atoms with Crippen molar-refractivity contribution in [1.82, 2.24) is 16.2 Å². The van der Waals surface area contributed by atoms with Crippen molar-refractivity contribution in [2.24, 2.45) is 0 Å². The van der Waals surface area contributed by atoms with Crippen LogP contribution in [-0.4, -0.2) is 16.8 Å². The summed E-state index contributed by atoms with van der Waals surface area (Å²) in [6.07, 6.45) is 0.852. The molecule has 0 fully saturated rings. The number of rotatable bonds is 4. The van der Waals surface area contributed by atoms with Crippen LogP contribution >= 0.6 is 36.0 Å². The molecule has 0 bridgehead atoms. The minimum Gasteiger partial charge on any atom is -0.361 e. The van der Waals surface area contributed by atoms with Crippen LogP contribution in [0.4, 0.5) is 5.69 Å². The van der Waals surface area contributed by atoms with Crippen molar-refractivity contribution in [3.63, 3.8) is 0 Å². The van der Waals surface area contributed by atoms with E-state index in [1.807, 2.05) is 55.5 Å². The number of thiocarbonyl (C=S) groups is 2. The van der Waals surface area contributed by atoms with Gasteiger partial charge in [0, 0.05) is 17.3 Å². The van der Waals surface area contributed by atoms with Crippen LogP contribution in [0, 0.1) is 6.92 Å². The zero-order valence-corrected chi connectivity index (χ0v) is 15.6. The molecule has 4 nitrogen and oxygen atoms in total. The lowest BCUT2D eigenvalue weighted by molar-refractivity contribution is 0.796. The number of hydrazine groups is 1. The molecule has 7 heteroatoms. The summed E-state index contributed by atoms with van der Waals surface area (Å²) in [5.74, 6) is 0. The second kappa shape index (κ2) is 9.42. The fourth-order valence-corrected chi connectivity index (χ4v) is 2.38. The molecule has 24 heavy (non-hydrogen) atoms. The predicted molar refractivity (Wildman–Crippen MR) is 109 cm³/mol. The number of nitrogens with one attached hydrogen (secondary N) is 4. The van der Waals surface area contributed by atoms with Crippen molar-refractivity contribution in [2.45, 2.75) is 13.3 Å². The second-order valence-corrected chi connectivity index (χ2v) is 6.46. The highest BCUT2D eigenvalue weighted by molar-refractivity contribution is 7.80. The molecule has 0 aliphatic heterocycles. The third kappa shape index (κ3) is 6.70. The topological polar surface area (TPSA) is 48.1 Å². The molecule has 2 rings (SSSR count). The van der Waals surface area contributed by atoms with E-state index >= 15 is 0 Å². The van der Waals surface area contributed by atoms with E-state index in [9.17, 15) is 0 Å². The summed E-state index contributed by atoms with van der Waals surface area (Å²) in [6, 6.07) is 15.7. The maximum Gasteiger partial charge on any atom is 0.189 e. The largest absolute Gasteiger partial charge is 0.361 e. The zero-order valence-electron chi connectivity index (χ0n) is 13.2. The summed E-state index contributed by atoms with van der Waals surface area (Å²) in [4.78, 5) is 0. The van der Waals surface area contributed by atoms with Crippen LogP contribution in [0.15, 0.2) is 48.5 Å². The smallest absolute Gasteiger partial charge is 0.189 e. The molecule has 4 N–H and O–H groups in total. The number of hydrogen-bond donors (Lipinski definition) is 4. The molecule has 0 heterocycles. The first-order valence-corrected chi connectivity index (χ1v) is 8.64. The van der Waals surface area contributed by atoms with Gasteiger partial charge in [-0.15, -0.1) is 0 Å². The molecule has 2 aromatic carbocycles. The molecule has 0 saturated heterocycles. The maximum absolute atomic E-state index is 5.86. The highest BCUT2D eigenvalue weighted by atomic mass is 35.5. The minimum absolute atomic E-state index is 0.445.